The van der Waals surface area contributed by atoms with Gasteiger partial charge in [-0.15, -0.1) is 0 Å². The summed E-state index contributed by atoms with van der Waals surface area (Å²) in [5, 5.41) is 3.10. The van der Waals surface area contributed by atoms with E-state index in [-0.39, 0.29) is 11.9 Å². The van der Waals surface area contributed by atoms with Crippen molar-refractivity contribution in [3.8, 4) is 17.2 Å². The van der Waals surface area contributed by atoms with Gasteiger partial charge in [-0.25, -0.2) is 0 Å². The Morgan fingerprint density at radius 3 is 2.20 bits per heavy atom. The van der Waals surface area contributed by atoms with E-state index < -0.39 is 0 Å². The van der Waals surface area contributed by atoms with Gasteiger partial charge in [0.15, 0.2) is 0 Å². The van der Waals surface area contributed by atoms with Crippen LogP contribution in [-0.4, -0.2) is 26.2 Å². The molecular formula is C25H27NO4. The molecule has 0 heterocycles. The fraction of sp³-hybridized carbons (Fsp3) is 0.240. The van der Waals surface area contributed by atoms with E-state index in [0.717, 1.165) is 23.5 Å². The second kappa shape index (κ2) is 10.9. The Bertz CT molecular complexity index is 925. The number of hydrogen-bond acceptors (Lipinski definition) is 4. The van der Waals surface area contributed by atoms with E-state index in [1.165, 1.54) is 0 Å². The number of rotatable bonds is 10. The predicted octanol–water partition coefficient (Wildman–Crippen LogP) is 5.03. The molecule has 0 aliphatic carbocycles. The van der Waals surface area contributed by atoms with Crippen LogP contribution < -0.4 is 19.5 Å². The van der Waals surface area contributed by atoms with E-state index in [9.17, 15) is 4.79 Å². The van der Waals surface area contributed by atoms with E-state index in [1.54, 1.807) is 19.2 Å². The molecule has 0 bridgehead atoms. The van der Waals surface area contributed by atoms with Crippen molar-refractivity contribution in [2.45, 2.75) is 19.4 Å². The molecule has 0 fully saturated rings. The molecule has 1 N–H and O–H groups in total. The van der Waals surface area contributed by atoms with Gasteiger partial charge in [0.05, 0.1) is 18.7 Å². The Kier molecular flexibility index (Phi) is 7.72. The van der Waals surface area contributed by atoms with Crippen LogP contribution >= 0.6 is 0 Å². The first-order valence-corrected chi connectivity index (χ1v) is 10.1. The van der Waals surface area contributed by atoms with E-state index in [0.29, 0.717) is 24.5 Å². The molecule has 0 aromatic heterocycles. The highest BCUT2D eigenvalue weighted by atomic mass is 16.5. The number of carbonyl (C=O) groups excluding carboxylic acids is 1. The summed E-state index contributed by atoms with van der Waals surface area (Å²) >= 11 is 0. The Morgan fingerprint density at radius 2 is 1.50 bits per heavy atom. The molecule has 0 saturated heterocycles. The van der Waals surface area contributed by atoms with Crippen molar-refractivity contribution in [3.05, 3.63) is 90.0 Å². The number of amides is 1. The second-order valence-corrected chi connectivity index (χ2v) is 6.71. The van der Waals surface area contributed by atoms with Crippen molar-refractivity contribution in [2.75, 3.05) is 20.3 Å². The van der Waals surface area contributed by atoms with Gasteiger partial charge in [0, 0.05) is 0 Å². The smallest absolute Gasteiger partial charge is 0.255 e. The Labute approximate surface area is 177 Å². The third-order valence-corrected chi connectivity index (χ3v) is 4.72. The van der Waals surface area contributed by atoms with Gasteiger partial charge in [-0.1, -0.05) is 49.4 Å². The summed E-state index contributed by atoms with van der Waals surface area (Å²) in [4.78, 5) is 12.9. The molecule has 5 heteroatoms. The molecule has 1 amide bonds. The van der Waals surface area contributed by atoms with E-state index in [2.05, 4.69) is 5.32 Å². The molecule has 5 nitrogen and oxygen atoms in total. The van der Waals surface area contributed by atoms with Gasteiger partial charge in [-0.05, 0) is 48.4 Å². The summed E-state index contributed by atoms with van der Waals surface area (Å²) in [6.45, 7) is 2.77. The molecule has 1 unspecified atom stereocenters. The zero-order valence-corrected chi connectivity index (χ0v) is 17.3. The molecule has 156 valence electrons. The van der Waals surface area contributed by atoms with Gasteiger partial charge in [-0.2, -0.15) is 0 Å². The lowest BCUT2D eigenvalue weighted by molar-refractivity contribution is 0.0930. The summed E-state index contributed by atoms with van der Waals surface area (Å²) in [7, 11) is 1.63. The molecular weight excluding hydrogens is 378 g/mol. The van der Waals surface area contributed by atoms with Gasteiger partial charge in [0.1, 0.15) is 30.5 Å². The molecule has 0 aliphatic rings. The van der Waals surface area contributed by atoms with Crippen LogP contribution in [0.3, 0.4) is 0 Å². The Balaban J connectivity index is 1.60. The topological polar surface area (TPSA) is 56.8 Å². The second-order valence-electron chi connectivity index (χ2n) is 6.71. The molecule has 3 aromatic rings. The predicted molar refractivity (Wildman–Crippen MR) is 117 cm³/mol. The summed E-state index contributed by atoms with van der Waals surface area (Å²) in [6, 6.07) is 24.4. The number of hydrogen-bond donors (Lipinski definition) is 1. The van der Waals surface area contributed by atoms with Crippen molar-refractivity contribution in [1.29, 1.82) is 0 Å². The number of ether oxygens (including phenoxy) is 3. The molecule has 1 atom stereocenters. The van der Waals surface area contributed by atoms with E-state index >= 15 is 0 Å². The van der Waals surface area contributed by atoms with Crippen molar-refractivity contribution < 1.29 is 19.0 Å². The minimum atomic E-state index is -0.169. The van der Waals surface area contributed by atoms with Gasteiger partial charge in [0.2, 0.25) is 0 Å². The maximum atomic E-state index is 12.9. The zero-order valence-electron chi connectivity index (χ0n) is 17.3. The summed E-state index contributed by atoms with van der Waals surface area (Å²) < 4.78 is 16.7. The zero-order chi connectivity index (χ0) is 21.2. The van der Waals surface area contributed by atoms with Crippen LogP contribution in [0.1, 0.15) is 35.3 Å². The fourth-order valence-electron chi connectivity index (χ4n) is 3.10. The van der Waals surface area contributed by atoms with Crippen LogP contribution in [0.15, 0.2) is 78.9 Å². The summed E-state index contributed by atoms with van der Waals surface area (Å²) in [5.41, 5.74) is 1.53. The molecule has 3 aromatic carbocycles. The first-order chi connectivity index (χ1) is 14.7. The normalized spacial score (nSPS) is 11.4. The Hall–Kier alpha value is -3.47. The van der Waals surface area contributed by atoms with Crippen molar-refractivity contribution in [2.24, 2.45) is 0 Å². The lowest BCUT2D eigenvalue weighted by atomic mass is 10.0. The van der Waals surface area contributed by atoms with Crippen LogP contribution in [0.4, 0.5) is 0 Å². The number of methoxy groups -OCH3 is 1. The third-order valence-electron chi connectivity index (χ3n) is 4.72. The van der Waals surface area contributed by atoms with Gasteiger partial charge in [-0.3, -0.25) is 4.79 Å². The lowest BCUT2D eigenvalue weighted by Gasteiger charge is -2.19. The quantitative estimate of drug-likeness (QED) is 0.481. The third kappa shape index (κ3) is 5.77. The summed E-state index contributed by atoms with van der Waals surface area (Å²) in [5.74, 6) is 1.95. The highest BCUT2D eigenvalue weighted by molar-refractivity contribution is 5.97. The lowest BCUT2D eigenvalue weighted by Crippen LogP contribution is -2.28. The van der Waals surface area contributed by atoms with Gasteiger partial charge < -0.3 is 19.5 Å². The highest BCUT2D eigenvalue weighted by Gasteiger charge is 2.17. The average Bonchev–Trinajstić information content (AvgIpc) is 2.81. The van der Waals surface area contributed by atoms with Crippen molar-refractivity contribution in [1.82, 2.24) is 5.32 Å². The maximum Gasteiger partial charge on any atom is 0.255 e. The molecule has 0 aliphatic heterocycles. The first kappa shape index (κ1) is 21.2. The van der Waals surface area contributed by atoms with Crippen molar-refractivity contribution >= 4 is 5.91 Å². The van der Waals surface area contributed by atoms with Crippen LogP contribution in [0.2, 0.25) is 0 Å². The minimum Gasteiger partial charge on any atom is -0.497 e. The highest BCUT2D eigenvalue weighted by Crippen LogP contribution is 2.23. The van der Waals surface area contributed by atoms with Crippen LogP contribution in [0.25, 0.3) is 0 Å². The number of carbonyl (C=O) groups is 1. The standard InChI is InChI=1S/C25H27NO4/c1-3-23(19-13-15-20(28-2)16-14-19)26-25(27)22-11-7-8-12-24(22)30-18-17-29-21-9-5-4-6-10-21/h4-16,23H,3,17-18H2,1-2H3,(H,26,27). The SMILES string of the molecule is CCC(NC(=O)c1ccccc1OCCOc1ccccc1)c1ccc(OC)cc1. The van der Waals surface area contributed by atoms with Crippen LogP contribution in [-0.2, 0) is 0 Å². The van der Waals surface area contributed by atoms with Crippen molar-refractivity contribution in [3.63, 3.8) is 0 Å². The molecule has 30 heavy (non-hydrogen) atoms. The largest absolute Gasteiger partial charge is 0.497 e. The Morgan fingerprint density at radius 1 is 0.833 bits per heavy atom. The number of para-hydroxylation sites is 2. The average molecular weight is 405 g/mol. The molecule has 3 rings (SSSR count). The van der Waals surface area contributed by atoms with E-state index in [4.69, 9.17) is 14.2 Å². The van der Waals surface area contributed by atoms with Gasteiger partial charge in [0.25, 0.3) is 5.91 Å². The fourth-order valence-corrected chi connectivity index (χ4v) is 3.10. The van der Waals surface area contributed by atoms with Crippen LogP contribution in [0.5, 0.6) is 17.2 Å². The monoisotopic (exact) mass is 405 g/mol. The molecule has 0 radical (unpaired) electrons. The number of benzene rings is 3. The minimum absolute atomic E-state index is 0.0992. The molecule has 0 spiro atoms. The maximum absolute atomic E-state index is 12.9. The summed E-state index contributed by atoms with van der Waals surface area (Å²) in [6.07, 6.45) is 0.770. The number of nitrogens with one attached hydrogen (secondary N) is 1. The molecule has 0 saturated carbocycles. The van der Waals surface area contributed by atoms with E-state index in [1.807, 2.05) is 73.7 Å². The van der Waals surface area contributed by atoms with Crippen LogP contribution in [0, 0.1) is 0 Å². The van der Waals surface area contributed by atoms with Gasteiger partial charge >= 0.3 is 0 Å². The first-order valence-electron chi connectivity index (χ1n) is 10.1.